The standard InChI is InChI=1S/C31H30N2OS/c32-19-21-5-7-22(8-6-21)20-35-29-4-2-1-3-28(29)30(34)33-27-11-9-26(10-12-27)31-16-23-13-24(17-31)15-25(14-23)18-31/h1-12,23-25H,13-18,20H2,(H,33,34). The Morgan fingerprint density at radius 2 is 1.51 bits per heavy atom. The third kappa shape index (κ3) is 4.50. The first-order valence-electron chi connectivity index (χ1n) is 12.7. The Balaban J connectivity index is 1.14. The maximum Gasteiger partial charge on any atom is 0.256 e. The third-order valence-electron chi connectivity index (χ3n) is 8.40. The SMILES string of the molecule is N#Cc1ccc(CSc2ccccc2C(=O)Nc2ccc(C34CC5CC(CC(C5)C3)C4)cc2)cc1. The van der Waals surface area contributed by atoms with E-state index < -0.39 is 0 Å². The van der Waals surface area contributed by atoms with Gasteiger partial charge >= 0.3 is 0 Å². The molecule has 1 N–H and O–H groups in total. The van der Waals surface area contributed by atoms with Crippen molar-refractivity contribution >= 4 is 23.4 Å². The quantitative estimate of drug-likeness (QED) is 0.372. The predicted molar refractivity (Wildman–Crippen MR) is 141 cm³/mol. The zero-order valence-corrected chi connectivity index (χ0v) is 20.7. The van der Waals surface area contributed by atoms with E-state index in [0.717, 1.165) is 39.7 Å². The second-order valence-electron chi connectivity index (χ2n) is 10.8. The minimum atomic E-state index is -0.0736. The summed E-state index contributed by atoms with van der Waals surface area (Å²) in [5, 5.41) is 12.1. The van der Waals surface area contributed by atoms with Crippen molar-refractivity contribution in [2.45, 2.75) is 54.6 Å². The Morgan fingerprint density at radius 3 is 2.14 bits per heavy atom. The summed E-state index contributed by atoms with van der Waals surface area (Å²) >= 11 is 1.64. The minimum Gasteiger partial charge on any atom is -0.322 e. The Bertz CT molecular complexity index is 1240. The van der Waals surface area contributed by atoms with Gasteiger partial charge in [0.15, 0.2) is 0 Å². The van der Waals surface area contributed by atoms with Crippen molar-refractivity contribution in [2.24, 2.45) is 17.8 Å². The van der Waals surface area contributed by atoms with Crippen molar-refractivity contribution in [2.75, 3.05) is 5.32 Å². The molecule has 1 amide bonds. The Hall–Kier alpha value is -3.03. The molecule has 0 aliphatic heterocycles. The molecule has 0 atom stereocenters. The maximum atomic E-state index is 13.2. The molecule has 4 bridgehead atoms. The average molecular weight is 479 g/mol. The van der Waals surface area contributed by atoms with Gasteiger partial charge in [0, 0.05) is 16.3 Å². The first-order chi connectivity index (χ1) is 17.1. The van der Waals surface area contributed by atoms with Gasteiger partial charge in [0.25, 0.3) is 5.91 Å². The summed E-state index contributed by atoms with van der Waals surface area (Å²) in [6.45, 7) is 0. The van der Waals surface area contributed by atoms with E-state index in [1.165, 1.54) is 44.1 Å². The van der Waals surface area contributed by atoms with Gasteiger partial charge in [0.05, 0.1) is 17.2 Å². The van der Waals surface area contributed by atoms with Crippen LogP contribution in [0.1, 0.15) is 65.6 Å². The summed E-state index contributed by atoms with van der Waals surface area (Å²) in [6, 6.07) is 26.3. The molecule has 0 unspecified atom stereocenters. The van der Waals surface area contributed by atoms with E-state index in [0.29, 0.717) is 16.5 Å². The van der Waals surface area contributed by atoms with Crippen LogP contribution < -0.4 is 5.32 Å². The molecule has 4 heteroatoms. The van der Waals surface area contributed by atoms with Crippen LogP contribution in [0.15, 0.2) is 77.7 Å². The van der Waals surface area contributed by atoms with Crippen LogP contribution in [0, 0.1) is 29.1 Å². The summed E-state index contributed by atoms with van der Waals surface area (Å²) in [6.07, 6.45) is 8.43. The molecular formula is C31H30N2OS. The molecular weight excluding hydrogens is 448 g/mol. The third-order valence-corrected chi connectivity index (χ3v) is 9.55. The minimum absolute atomic E-state index is 0.0736. The number of benzene rings is 3. The first-order valence-corrected chi connectivity index (χ1v) is 13.7. The monoisotopic (exact) mass is 478 g/mol. The zero-order chi connectivity index (χ0) is 23.8. The number of nitrogens with zero attached hydrogens (tertiary/aromatic N) is 1. The number of amides is 1. The zero-order valence-electron chi connectivity index (χ0n) is 19.9. The van der Waals surface area contributed by atoms with Crippen LogP contribution in [0.4, 0.5) is 5.69 Å². The Labute approximate surface area is 211 Å². The highest BCUT2D eigenvalue weighted by atomic mass is 32.2. The van der Waals surface area contributed by atoms with E-state index >= 15 is 0 Å². The molecule has 0 aromatic heterocycles. The molecule has 3 aromatic rings. The second-order valence-corrected chi connectivity index (χ2v) is 11.8. The van der Waals surface area contributed by atoms with Crippen LogP contribution in [0.5, 0.6) is 0 Å². The molecule has 4 aliphatic carbocycles. The van der Waals surface area contributed by atoms with Gasteiger partial charge in [0.2, 0.25) is 0 Å². The smallest absolute Gasteiger partial charge is 0.256 e. The van der Waals surface area contributed by atoms with Crippen molar-refractivity contribution in [3.05, 3.63) is 95.1 Å². The fourth-order valence-electron chi connectivity index (χ4n) is 7.19. The van der Waals surface area contributed by atoms with Gasteiger partial charge in [-0.2, -0.15) is 5.26 Å². The van der Waals surface area contributed by atoms with Crippen molar-refractivity contribution < 1.29 is 4.79 Å². The number of carbonyl (C=O) groups excluding carboxylic acids is 1. The predicted octanol–water partition coefficient (Wildman–Crippen LogP) is 7.57. The molecule has 7 rings (SSSR count). The highest BCUT2D eigenvalue weighted by Crippen LogP contribution is 2.60. The van der Waals surface area contributed by atoms with Crippen molar-refractivity contribution in [1.82, 2.24) is 0 Å². The Morgan fingerprint density at radius 1 is 0.886 bits per heavy atom. The van der Waals surface area contributed by atoms with Crippen LogP contribution in [-0.2, 0) is 11.2 Å². The van der Waals surface area contributed by atoms with E-state index in [1.54, 1.807) is 11.8 Å². The molecule has 35 heavy (non-hydrogen) atoms. The van der Waals surface area contributed by atoms with Gasteiger partial charge in [-0.15, -0.1) is 11.8 Å². The maximum absolute atomic E-state index is 13.2. The lowest BCUT2D eigenvalue weighted by Crippen LogP contribution is -2.48. The number of nitriles is 1. The molecule has 0 spiro atoms. The van der Waals surface area contributed by atoms with Crippen molar-refractivity contribution in [3.8, 4) is 6.07 Å². The van der Waals surface area contributed by atoms with Gasteiger partial charge in [-0.05, 0) is 109 Å². The second kappa shape index (κ2) is 9.21. The highest BCUT2D eigenvalue weighted by molar-refractivity contribution is 7.98. The lowest BCUT2D eigenvalue weighted by Gasteiger charge is -2.57. The highest BCUT2D eigenvalue weighted by Gasteiger charge is 2.51. The summed E-state index contributed by atoms with van der Waals surface area (Å²) in [4.78, 5) is 14.1. The number of hydrogen-bond donors (Lipinski definition) is 1. The van der Waals surface area contributed by atoms with E-state index in [9.17, 15) is 4.79 Å². The van der Waals surface area contributed by atoms with Crippen LogP contribution in [0.2, 0.25) is 0 Å². The van der Waals surface area contributed by atoms with Crippen LogP contribution in [-0.4, -0.2) is 5.91 Å². The lowest BCUT2D eigenvalue weighted by molar-refractivity contribution is -0.00518. The van der Waals surface area contributed by atoms with Gasteiger partial charge < -0.3 is 5.32 Å². The summed E-state index contributed by atoms with van der Waals surface area (Å²) < 4.78 is 0. The van der Waals surface area contributed by atoms with Gasteiger partial charge in [-0.1, -0.05) is 36.4 Å². The van der Waals surface area contributed by atoms with Crippen molar-refractivity contribution in [3.63, 3.8) is 0 Å². The molecule has 4 aliphatic rings. The van der Waals surface area contributed by atoms with E-state index in [1.807, 2.05) is 48.5 Å². The van der Waals surface area contributed by atoms with Gasteiger partial charge in [-0.3, -0.25) is 4.79 Å². The van der Waals surface area contributed by atoms with Gasteiger partial charge in [-0.25, -0.2) is 0 Å². The molecule has 0 heterocycles. The molecule has 176 valence electrons. The fourth-order valence-corrected chi connectivity index (χ4v) is 8.19. The van der Waals surface area contributed by atoms with E-state index in [4.69, 9.17) is 5.26 Å². The molecule has 4 fully saturated rings. The lowest BCUT2D eigenvalue weighted by atomic mass is 9.48. The molecule has 4 saturated carbocycles. The van der Waals surface area contributed by atoms with Gasteiger partial charge in [0.1, 0.15) is 0 Å². The number of carbonyl (C=O) groups is 1. The molecule has 0 radical (unpaired) electrons. The number of nitrogens with one attached hydrogen (secondary N) is 1. The average Bonchev–Trinajstić information content (AvgIpc) is 2.87. The Kier molecular flexibility index (Phi) is 5.90. The molecule has 3 aromatic carbocycles. The van der Waals surface area contributed by atoms with Crippen LogP contribution in [0.25, 0.3) is 0 Å². The molecule has 3 nitrogen and oxygen atoms in total. The van der Waals surface area contributed by atoms with E-state index in [2.05, 4.69) is 35.7 Å². The van der Waals surface area contributed by atoms with E-state index in [-0.39, 0.29) is 5.91 Å². The molecule has 0 saturated heterocycles. The summed E-state index contributed by atoms with van der Waals surface area (Å²) in [5.74, 6) is 3.46. The fraction of sp³-hybridized carbons (Fsp3) is 0.355. The summed E-state index contributed by atoms with van der Waals surface area (Å²) in [7, 11) is 0. The number of anilines is 1. The topological polar surface area (TPSA) is 52.9 Å². The number of hydrogen-bond acceptors (Lipinski definition) is 3. The normalized spacial score (nSPS) is 26.3. The number of thioether (sulfide) groups is 1. The summed E-state index contributed by atoms with van der Waals surface area (Å²) in [5.41, 5.74) is 5.20. The largest absolute Gasteiger partial charge is 0.322 e. The van der Waals surface area contributed by atoms with Crippen molar-refractivity contribution in [1.29, 1.82) is 5.26 Å². The number of rotatable bonds is 6. The van der Waals surface area contributed by atoms with Crippen LogP contribution >= 0.6 is 11.8 Å². The first kappa shape index (κ1) is 22.4. The van der Waals surface area contributed by atoms with Crippen LogP contribution in [0.3, 0.4) is 0 Å².